The van der Waals surface area contributed by atoms with Crippen LogP contribution in [-0.2, 0) is 0 Å². The Morgan fingerprint density at radius 1 is 1.42 bits per heavy atom. The van der Waals surface area contributed by atoms with Crippen molar-refractivity contribution in [2.24, 2.45) is 5.41 Å². The van der Waals surface area contributed by atoms with Gasteiger partial charge in [0.05, 0.1) is 5.56 Å². The van der Waals surface area contributed by atoms with Crippen LogP contribution in [0.25, 0.3) is 0 Å². The molecule has 1 aromatic carbocycles. The van der Waals surface area contributed by atoms with Gasteiger partial charge in [-0.1, -0.05) is 26.0 Å². The number of carbonyl (C=O) groups excluding carboxylic acids is 1. The topological polar surface area (TPSA) is 49.3 Å². The summed E-state index contributed by atoms with van der Waals surface area (Å²) in [6.45, 7) is 6.95. The molecular weight excluding hydrogens is 306 g/mol. The quantitative estimate of drug-likeness (QED) is 0.842. The fraction of sp³-hybridized carbons (Fsp3) is 0.533. The Morgan fingerprint density at radius 3 is 2.74 bits per heavy atom. The highest BCUT2D eigenvalue weighted by Gasteiger charge is 2.19. The van der Waals surface area contributed by atoms with Crippen molar-refractivity contribution in [3.8, 4) is 0 Å². The summed E-state index contributed by atoms with van der Waals surface area (Å²) >= 11 is 3.45. The van der Waals surface area contributed by atoms with E-state index in [-0.39, 0.29) is 17.9 Å². The molecule has 19 heavy (non-hydrogen) atoms. The Bertz CT molecular complexity index is 444. The highest BCUT2D eigenvalue weighted by molar-refractivity contribution is 9.10. The van der Waals surface area contributed by atoms with Gasteiger partial charge in [-0.2, -0.15) is 0 Å². The van der Waals surface area contributed by atoms with Gasteiger partial charge in [0.2, 0.25) is 0 Å². The van der Waals surface area contributed by atoms with Gasteiger partial charge >= 0.3 is 0 Å². The molecule has 0 saturated heterocycles. The lowest BCUT2D eigenvalue weighted by atomic mass is 9.88. The molecular formula is C15H22BrNO2. The monoisotopic (exact) mass is 327 g/mol. The molecule has 0 aliphatic carbocycles. The molecule has 0 aliphatic heterocycles. The van der Waals surface area contributed by atoms with Gasteiger partial charge in [-0.25, -0.2) is 0 Å². The van der Waals surface area contributed by atoms with Crippen LogP contribution in [0.3, 0.4) is 0 Å². The third kappa shape index (κ3) is 4.96. The zero-order valence-electron chi connectivity index (χ0n) is 11.8. The summed E-state index contributed by atoms with van der Waals surface area (Å²) in [6.07, 6.45) is 1.65. The standard InChI is InChI=1S/C15H22BrNO2/c1-11-6-4-7-12(13(11)16)14(19)17-10-15(2,3)8-5-9-18/h4,6-7,18H,5,8-10H2,1-3H3,(H,17,19). The second-order valence-electron chi connectivity index (χ2n) is 5.61. The van der Waals surface area contributed by atoms with E-state index in [9.17, 15) is 4.79 Å². The zero-order valence-corrected chi connectivity index (χ0v) is 13.4. The molecule has 0 bridgehead atoms. The number of benzene rings is 1. The van der Waals surface area contributed by atoms with Gasteiger partial charge in [0.15, 0.2) is 0 Å². The van der Waals surface area contributed by atoms with Crippen molar-refractivity contribution in [2.45, 2.75) is 33.6 Å². The van der Waals surface area contributed by atoms with Gasteiger partial charge in [-0.3, -0.25) is 4.79 Å². The number of carbonyl (C=O) groups is 1. The number of aryl methyl sites for hydroxylation is 1. The minimum atomic E-state index is -0.0624. The van der Waals surface area contributed by atoms with Crippen LogP contribution in [0.2, 0.25) is 0 Å². The first-order valence-corrected chi connectivity index (χ1v) is 7.31. The fourth-order valence-corrected chi connectivity index (χ4v) is 2.33. The minimum Gasteiger partial charge on any atom is -0.396 e. The summed E-state index contributed by atoms with van der Waals surface area (Å²) in [4.78, 5) is 12.1. The lowest BCUT2D eigenvalue weighted by Crippen LogP contribution is -2.34. The van der Waals surface area contributed by atoms with E-state index in [1.165, 1.54) is 0 Å². The average molecular weight is 328 g/mol. The maximum absolute atomic E-state index is 12.1. The van der Waals surface area contributed by atoms with Crippen LogP contribution in [0.4, 0.5) is 0 Å². The normalized spacial score (nSPS) is 11.4. The van der Waals surface area contributed by atoms with Crippen molar-refractivity contribution in [3.05, 3.63) is 33.8 Å². The van der Waals surface area contributed by atoms with Crippen LogP contribution >= 0.6 is 15.9 Å². The summed E-state index contributed by atoms with van der Waals surface area (Å²) < 4.78 is 0.848. The molecule has 106 valence electrons. The molecule has 0 radical (unpaired) electrons. The molecule has 1 amide bonds. The van der Waals surface area contributed by atoms with E-state index in [1.54, 1.807) is 0 Å². The molecule has 1 aromatic rings. The Hall–Kier alpha value is -0.870. The number of hydrogen-bond donors (Lipinski definition) is 2. The van der Waals surface area contributed by atoms with Crippen molar-refractivity contribution < 1.29 is 9.90 Å². The van der Waals surface area contributed by atoms with Crippen LogP contribution in [0.15, 0.2) is 22.7 Å². The molecule has 2 N–H and O–H groups in total. The number of halogens is 1. The van der Waals surface area contributed by atoms with E-state index >= 15 is 0 Å². The molecule has 4 heteroatoms. The van der Waals surface area contributed by atoms with Crippen LogP contribution in [0, 0.1) is 12.3 Å². The molecule has 0 aliphatic rings. The van der Waals surface area contributed by atoms with Gasteiger partial charge in [0.1, 0.15) is 0 Å². The second-order valence-corrected chi connectivity index (χ2v) is 6.40. The summed E-state index contributed by atoms with van der Waals surface area (Å²) in [5.41, 5.74) is 1.71. The lowest BCUT2D eigenvalue weighted by Gasteiger charge is -2.24. The van der Waals surface area contributed by atoms with Crippen molar-refractivity contribution >= 4 is 21.8 Å². The first kappa shape index (κ1) is 16.2. The van der Waals surface area contributed by atoms with Crippen molar-refractivity contribution in [3.63, 3.8) is 0 Å². The number of rotatable bonds is 6. The van der Waals surface area contributed by atoms with E-state index in [1.807, 2.05) is 25.1 Å². The third-order valence-electron chi connectivity index (χ3n) is 3.18. The first-order chi connectivity index (χ1) is 8.87. The van der Waals surface area contributed by atoms with Crippen molar-refractivity contribution in [1.29, 1.82) is 0 Å². The highest BCUT2D eigenvalue weighted by Crippen LogP contribution is 2.23. The zero-order chi connectivity index (χ0) is 14.5. The van der Waals surface area contributed by atoms with E-state index < -0.39 is 0 Å². The highest BCUT2D eigenvalue weighted by atomic mass is 79.9. The van der Waals surface area contributed by atoms with E-state index in [2.05, 4.69) is 35.1 Å². The second kappa shape index (κ2) is 7.06. The lowest BCUT2D eigenvalue weighted by molar-refractivity contribution is 0.0932. The number of hydrogen-bond acceptors (Lipinski definition) is 2. The molecule has 3 nitrogen and oxygen atoms in total. The number of amides is 1. The van der Waals surface area contributed by atoms with Gasteiger partial charge in [0, 0.05) is 17.6 Å². The average Bonchev–Trinajstić information content (AvgIpc) is 2.37. The van der Waals surface area contributed by atoms with Crippen molar-refractivity contribution in [2.75, 3.05) is 13.2 Å². The van der Waals surface area contributed by atoms with E-state index in [0.717, 1.165) is 22.9 Å². The molecule has 0 saturated carbocycles. The number of aliphatic hydroxyl groups is 1. The van der Waals surface area contributed by atoms with Crippen LogP contribution < -0.4 is 5.32 Å². The molecule has 0 spiro atoms. The van der Waals surface area contributed by atoms with E-state index in [0.29, 0.717) is 12.1 Å². The van der Waals surface area contributed by atoms with E-state index in [4.69, 9.17) is 5.11 Å². The maximum Gasteiger partial charge on any atom is 0.252 e. The fourth-order valence-electron chi connectivity index (χ4n) is 1.88. The maximum atomic E-state index is 12.1. The van der Waals surface area contributed by atoms with Gasteiger partial charge < -0.3 is 10.4 Å². The smallest absolute Gasteiger partial charge is 0.252 e. The van der Waals surface area contributed by atoms with Crippen LogP contribution in [0.1, 0.15) is 42.6 Å². The molecule has 0 heterocycles. The first-order valence-electron chi connectivity index (χ1n) is 6.51. The predicted octanol–water partition coefficient (Wildman–Crippen LogP) is 3.29. The Kier molecular flexibility index (Phi) is 6.01. The predicted molar refractivity (Wildman–Crippen MR) is 81.3 cm³/mol. The Balaban J connectivity index is 2.63. The van der Waals surface area contributed by atoms with Crippen molar-refractivity contribution in [1.82, 2.24) is 5.32 Å². The molecule has 0 fully saturated rings. The van der Waals surface area contributed by atoms with Gasteiger partial charge in [-0.05, 0) is 52.7 Å². The summed E-state index contributed by atoms with van der Waals surface area (Å²) in [7, 11) is 0. The van der Waals surface area contributed by atoms with Crippen LogP contribution in [0.5, 0.6) is 0 Å². The largest absolute Gasteiger partial charge is 0.396 e. The molecule has 0 atom stereocenters. The molecule has 0 unspecified atom stereocenters. The SMILES string of the molecule is Cc1cccc(C(=O)NCC(C)(C)CCCO)c1Br. The molecule has 0 aromatic heterocycles. The summed E-state index contributed by atoms with van der Waals surface area (Å²) in [6, 6.07) is 5.66. The van der Waals surface area contributed by atoms with Crippen LogP contribution in [-0.4, -0.2) is 24.2 Å². The van der Waals surface area contributed by atoms with Gasteiger partial charge in [-0.15, -0.1) is 0 Å². The summed E-state index contributed by atoms with van der Waals surface area (Å²) in [5.74, 6) is -0.0624. The van der Waals surface area contributed by atoms with Gasteiger partial charge in [0.25, 0.3) is 5.91 Å². The minimum absolute atomic E-state index is 0.00527. The Morgan fingerprint density at radius 2 is 2.11 bits per heavy atom. The summed E-state index contributed by atoms with van der Waals surface area (Å²) in [5, 5.41) is 11.8. The molecule has 1 rings (SSSR count). The number of aliphatic hydroxyl groups excluding tert-OH is 1. The Labute approximate surface area is 123 Å². The number of nitrogens with one attached hydrogen (secondary N) is 1. The third-order valence-corrected chi connectivity index (χ3v) is 4.23.